The standard InChI is InChI=1S/C17H20N2O6S.Na/c1-17(2)12(16(22)23)19-14(21)11(15(19)26-17)18-13(20)10-8(24-3)6-5-7-9(10)25-4;/h5-7,11-12,15H,1-4H3,(H,18,20)(H,22,23);/q;+1/p-1/t11-,12+,15?;/m1./s1. The molecule has 8 nitrogen and oxygen atoms in total. The van der Waals surface area contributed by atoms with Gasteiger partial charge in [-0.2, -0.15) is 0 Å². The zero-order valence-electron chi connectivity index (χ0n) is 15.8. The van der Waals surface area contributed by atoms with E-state index in [4.69, 9.17) is 9.47 Å². The molecule has 10 heteroatoms. The zero-order valence-corrected chi connectivity index (χ0v) is 18.6. The molecule has 2 heterocycles. The summed E-state index contributed by atoms with van der Waals surface area (Å²) in [4.78, 5) is 37.9. The maximum atomic E-state index is 12.7. The molecule has 2 aliphatic heterocycles. The maximum absolute atomic E-state index is 12.7. The van der Waals surface area contributed by atoms with Crippen molar-refractivity contribution in [3.05, 3.63) is 23.8 Å². The molecule has 2 saturated heterocycles. The molecule has 2 aliphatic rings. The van der Waals surface area contributed by atoms with Crippen molar-refractivity contribution in [3.8, 4) is 11.5 Å². The average molecular weight is 402 g/mol. The van der Waals surface area contributed by atoms with Crippen LogP contribution in [0.3, 0.4) is 0 Å². The van der Waals surface area contributed by atoms with Crippen molar-refractivity contribution < 1.29 is 58.5 Å². The Morgan fingerprint density at radius 2 is 1.78 bits per heavy atom. The van der Waals surface area contributed by atoms with E-state index in [1.807, 2.05) is 0 Å². The van der Waals surface area contributed by atoms with Gasteiger partial charge >= 0.3 is 29.6 Å². The van der Waals surface area contributed by atoms with E-state index in [0.717, 1.165) is 0 Å². The van der Waals surface area contributed by atoms with Crippen LogP contribution in [0.5, 0.6) is 11.5 Å². The number of carboxylic acid groups (broad SMARTS) is 1. The molecule has 0 aliphatic carbocycles. The summed E-state index contributed by atoms with van der Waals surface area (Å²) in [5.74, 6) is -1.62. The Morgan fingerprint density at radius 1 is 1.22 bits per heavy atom. The minimum absolute atomic E-state index is 0. The minimum Gasteiger partial charge on any atom is -0.548 e. The van der Waals surface area contributed by atoms with Crippen LogP contribution in [-0.4, -0.2) is 59.1 Å². The van der Waals surface area contributed by atoms with Crippen molar-refractivity contribution in [2.24, 2.45) is 0 Å². The van der Waals surface area contributed by atoms with E-state index < -0.39 is 40.0 Å². The van der Waals surface area contributed by atoms with Crippen molar-refractivity contribution in [1.29, 1.82) is 0 Å². The van der Waals surface area contributed by atoms with Crippen LogP contribution in [0.25, 0.3) is 0 Å². The topological polar surface area (TPSA) is 108 Å². The van der Waals surface area contributed by atoms with Gasteiger partial charge in [-0.15, -0.1) is 11.8 Å². The molecule has 2 fully saturated rings. The number of β-lactam (4-membered cyclic amide) rings is 1. The monoisotopic (exact) mass is 402 g/mol. The first kappa shape index (κ1) is 21.9. The molecule has 27 heavy (non-hydrogen) atoms. The van der Waals surface area contributed by atoms with Gasteiger partial charge in [0.25, 0.3) is 5.91 Å². The van der Waals surface area contributed by atoms with Gasteiger partial charge in [0.1, 0.15) is 28.5 Å². The maximum Gasteiger partial charge on any atom is 1.00 e. The third-order valence-corrected chi connectivity index (χ3v) is 6.18. The van der Waals surface area contributed by atoms with Crippen LogP contribution in [0, 0.1) is 0 Å². The van der Waals surface area contributed by atoms with Gasteiger partial charge in [0.05, 0.1) is 26.2 Å². The van der Waals surface area contributed by atoms with E-state index in [-0.39, 0.29) is 35.1 Å². The average Bonchev–Trinajstić information content (AvgIpc) is 2.86. The molecule has 2 amide bonds. The molecule has 0 aromatic heterocycles. The number of carboxylic acids is 1. The van der Waals surface area contributed by atoms with Gasteiger partial charge in [0, 0.05) is 4.75 Å². The van der Waals surface area contributed by atoms with E-state index in [9.17, 15) is 19.5 Å². The third-order valence-electron chi connectivity index (χ3n) is 4.61. The SMILES string of the molecule is COc1cccc(OC)c1C(=O)N[C@@H]1C(=O)N2C1SC(C)(C)[C@@H]2C(=O)[O-].[Na+]. The Morgan fingerprint density at radius 3 is 2.26 bits per heavy atom. The molecule has 1 aromatic carbocycles. The molecule has 0 radical (unpaired) electrons. The van der Waals surface area contributed by atoms with E-state index in [0.29, 0.717) is 11.5 Å². The largest absolute Gasteiger partial charge is 1.00 e. The second-order valence-electron chi connectivity index (χ2n) is 6.57. The summed E-state index contributed by atoms with van der Waals surface area (Å²) in [5.41, 5.74) is 0.183. The van der Waals surface area contributed by atoms with Crippen LogP contribution < -0.4 is 49.5 Å². The summed E-state index contributed by atoms with van der Waals surface area (Å²) in [7, 11) is 2.86. The predicted molar refractivity (Wildman–Crippen MR) is 91.9 cm³/mol. The Balaban J connectivity index is 0.00000261. The summed E-state index contributed by atoms with van der Waals surface area (Å²) >= 11 is 1.33. The molecule has 0 spiro atoms. The molecule has 3 rings (SSSR count). The van der Waals surface area contributed by atoms with Crippen molar-refractivity contribution in [1.82, 2.24) is 10.2 Å². The number of amides is 2. The van der Waals surface area contributed by atoms with Crippen LogP contribution in [0.15, 0.2) is 18.2 Å². The molecule has 0 saturated carbocycles. The number of benzene rings is 1. The molecule has 1 unspecified atom stereocenters. The van der Waals surface area contributed by atoms with Gasteiger partial charge in [-0.1, -0.05) is 6.07 Å². The molecule has 0 bridgehead atoms. The molecule has 3 atom stereocenters. The number of ether oxygens (including phenoxy) is 2. The van der Waals surface area contributed by atoms with Crippen molar-refractivity contribution in [2.75, 3.05) is 14.2 Å². The van der Waals surface area contributed by atoms with E-state index in [1.54, 1.807) is 32.0 Å². The number of nitrogens with zero attached hydrogens (tertiary/aromatic N) is 1. The van der Waals surface area contributed by atoms with Crippen LogP contribution >= 0.6 is 11.8 Å². The van der Waals surface area contributed by atoms with Crippen molar-refractivity contribution in [3.63, 3.8) is 0 Å². The van der Waals surface area contributed by atoms with Crippen molar-refractivity contribution in [2.45, 2.75) is 36.1 Å². The van der Waals surface area contributed by atoms with Crippen molar-refractivity contribution >= 4 is 29.5 Å². The number of aliphatic carboxylic acids is 1. The quantitative estimate of drug-likeness (QED) is 0.404. The number of fused-ring (bicyclic) bond motifs is 1. The first-order valence-corrected chi connectivity index (χ1v) is 8.83. The van der Waals surface area contributed by atoms with Gasteiger partial charge < -0.3 is 29.6 Å². The van der Waals surface area contributed by atoms with E-state index in [2.05, 4.69) is 5.32 Å². The number of rotatable bonds is 5. The molecular formula is C17H19N2NaO6S. The first-order chi connectivity index (χ1) is 12.2. The number of carbonyl (C=O) groups is 3. The van der Waals surface area contributed by atoms with E-state index in [1.165, 1.54) is 30.9 Å². The third kappa shape index (κ3) is 3.53. The second kappa shape index (κ2) is 7.90. The molecule has 1 N–H and O–H groups in total. The second-order valence-corrected chi connectivity index (χ2v) is 8.34. The number of hydrogen-bond acceptors (Lipinski definition) is 7. The fourth-order valence-corrected chi connectivity index (χ4v) is 5.04. The Kier molecular flexibility index (Phi) is 6.40. The van der Waals surface area contributed by atoms with Crippen LogP contribution in [-0.2, 0) is 9.59 Å². The van der Waals surface area contributed by atoms with Gasteiger partial charge in [-0.05, 0) is 26.0 Å². The number of nitrogens with one attached hydrogen (secondary N) is 1. The first-order valence-electron chi connectivity index (χ1n) is 7.95. The summed E-state index contributed by atoms with van der Waals surface area (Å²) in [5, 5.41) is 13.7. The van der Waals surface area contributed by atoms with Gasteiger partial charge in [-0.3, -0.25) is 9.59 Å². The summed E-state index contributed by atoms with van der Waals surface area (Å²) < 4.78 is 9.71. The minimum atomic E-state index is -1.30. The Labute approximate surface area is 183 Å². The molecule has 1 aromatic rings. The molecule has 140 valence electrons. The zero-order chi connectivity index (χ0) is 19.2. The van der Waals surface area contributed by atoms with Crippen LogP contribution in [0.1, 0.15) is 24.2 Å². The van der Waals surface area contributed by atoms with Gasteiger partial charge in [0.15, 0.2) is 0 Å². The Bertz CT molecular complexity index is 764. The number of thioether (sulfide) groups is 1. The molecular weight excluding hydrogens is 383 g/mol. The smallest absolute Gasteiger partial charge is 0.548 e. The summed E-state index contributed by atoms with van der Waals surface area (Å²) in [6, 6.07) is 3.08. The summed E-state index contributed by atoms with van der Waals surface area (Å²) in [6.45, 7) is 3.48. The fourth-order valence-electron chi connectivity index (χ4n) is 3.41. The number of methoxy groups -OCH3 is 2. The normalized spacial score (nSPS) is 25.0. The van der Waals surface area contributed by atoms with Gasteiger partial charge in [-0.25, -0.2) is 0 Å². The van der Waals surface area contributed by atoms with Gasteiger partial charge in [0.2, 0.25) is 5.91 Å². The van der Waals surface area contributed by atoms with E-state index >= 15 is 0 Å². The summed E-state index contributed by atoms with van der Waals surface area (Å²) in [6.07, 6.45) is 0. The number of carbonyl (C=O) groups excluding carboxylic acids is 3. The Hall–Kier alpha value is -1.42. The predicted octanol–water partition coefficient (Wildman–Crippen LogP) is -3.38. The van der Waals surface area contributed by atoms with Crippen LogP contribution in [0.4, 0.5) is 0 Å². The fraction of sp³-hybridized carbons (Fsp3) is 0.471. The number of hydrogen-bond donors (Lipinski definition) is 1. The van der Waals surface area contributed by atoms with Crippen LogP contribution in [0.2, 0.25) is 0 Å².